The van der Waals surface area contributed by atoms with Crippen LogP contribution in [0.2, 0.25) is 0 Å². The molecule has 0 radical (unpaired) electrons. The minimum absolute atomic E-state index is 0.463. The second kappa shape index (κ2) is 7.17. The molecule has 2 aromatic carbocycles. The molecule has 0 N–H and O–H groups in total. The molecule has 0 unspecified atom stereocenters. The maximum atomic E-state index is 10.4. The lowest BCUT2D eigenvalue weighted by Gasteiger charge is -2.06. The molecule has 0 amide bonds. The number of carbonyl (C=O) groups is 1. The van der Waals surface area contributed by atoms with E-state index in [1.807, 2.05) is 42.5 Å². The molecule has 7 heteroatoms. The fourth-order valence-electron chi connectivity index (χ4n) is 2.60. The number of benzene rings is 2. The van der Waals surface area contributed by atoms with Gasteiger partial charge in [0.1, 0.15) is 24.4 Å². The molecule has 27 heavy (non-hydrogen) atoms. The quantitative estimate of drug-likeness (QED) is 0.692. The zero-order valence-electron chi connectivity index (χ0n) is 14.1. The lowest BCUT2D eigenvalue weighted by Crippen LogP contribution is -2.28. The number of aromatic nitrogens is 3. The van der Waals surface area contributed by atoms with E-state index in [1.54, 1.807) is 35.4 Å². The average molecular weight is 360 g/mol. The van der Waals surface area contributed by atoms with Crippen molar-refractivity contribution in [1.29, 1.82) is 0 Å². The second-order valence-electron chi connectivity index (χ2n) is 5.70. The molecule has 0 aliphatic carbocycles. The number of aliphatic carboxylic acids is 1. The molecule has 1 aliphatic heterocycles. The monoisotopic (exact) mass is 360 g/mol. The van der Waals surface area contributed by atoms with Crippen LogP contribution < -0.4 is 14.6 Å². The number of para-hydroxylation sites is 1. The SMILES string of the molecule is O=C([O-])COc1ccc(/C=C/c2nc3n(n2)C=COc2ccccc2-3)cc1. The van der Waals surface area contributed by atoms with Gasteiger partial charge in [0.2, 0.25) is 0 Å². The molecular formula is C20H14N3O4-. The average Bonchev–Trinajstić information content (AvgIpc) is 3.01. The van der Waals surface area contributed by atoms with Crippen molar-refractivity contribution in [3.05, 3.63) is 66.2 Å². The van der Waals surface area contributed by atoms with Gasteiger partial charge in [-0.15, -0.1) is 5.10 Å². The zero-order valence-corrected chi connectivity index (χ0v) is 14.1. The smallest absolute Gasteiger partial charge is 0.175 e. The number of carboxylic acids is 1. The molecule has 0 atom stereocenters. The van der Waals surface area contributed by atoms with Crippen LogP contribution in [-0.2, 0) is 4.79 Å². The highest BCUT2D eigenvalue weighted by Gasteiger charge is 2.15. The van der Waals surface area contributed by atoms with Crippen molar-refractivity contribution in [2.75, 3.05) is 6.61 Å². The first-order valence-electron chi connectivity index (χ1n) is 8.19. The first-order valence-corrected chi connectivity index (χ1v) is 8.19. The largest absolute Gasteiger partial charge is 0.546 e. The summed E-state index contributed by atoms with van der Waals surface area (Å²) in [6.45, 7) is -0.474. The molecule has 7 nitrogen and oxygen atoms in total. The van der Waals surface area contributed by atoms with E-state index in [9.17, 15) is 9.90 Å². The van der Waals surface area contributed by atoms with Crippen LogP contribution in [0.1, 0.15) is 11.4 Å². The highest BCUT2D eigenvalue weighted by Crippen LogP contribution is 2.31. The van der Waals surface area contributed by atoms with Crippen LogP contribution in [0.3, 0.4) is 0 Å². The summed E-state index contributed by atoms with van der Waals surface area (Å²) in [4.78, 5) is 15.0. The Morgan fingerprint density at radius 2 is 1.96 bits per heavy atom. The molecule has 0 fully saturated rings. The Labute approximate surface area is 154 Å². The molecule has 1 aliphatic rings. The molecule has 0 spiro atoms. The molecule has 0 saturated carbocycles. The maximum Gasteiger partial charge on any atom is 0.175 e. The van der Waals surface area contributed by atoms with Crippen LogP contribution in [0.5, 0.6) is 11.5 Å². The number of hydrogen-bond donors (Lipinski definition) is 0. The van der Waals surface area contributed by atoms with Gasteiger partial charge in [0, 0.05) is 0 Å². The minimum atomic E-state index is -1.26. The van der Waals surface area contributed by atoms with E-state index in [2.05, 4.69) is 10.1 Å². The van der Waals surface area contributed by atoms with Crippen LogP contribution in [0.25, 0.3) is 29.7 Å². The fraction of sp³-hybridized carbons (Fsp3) is 0.0500. The van der Waals surface area contributed by atoms with Crippen LogP contribution in [-0.4, -0.2) is 27.3 Å². The van der Waals surface area contributed by atoms with Gasteiger partial charge in [-0.1, -0.05) is 30.3 Å². The van der Waals surface area contributed by atoms with Gasteiger partial charge in [0.25, 0.3) is 0 Å². The molecule has 1 aromatic heterocycles. The van der Waals surface area contributed by atoms with E-state index in [1.165, 1.54) is 0 Å². The Morgan fingerprint density at radius 1 is 1.15 bits per heavy atom. The third kappa shape index (κ3) is 3.72. The summed E-state index contributed by atoms with van der Waals surface area (Å²) >= 11 is 0. The first-order chi connectivity index (χ1) is 13.2. The topological polar surface area (TPSA) is 89.3 Å². The highest BCUT2D eigenvalue weighted by atomic mass is 16.5. The second-order valence-corrected chi connectivity index (χ2v) is 5.70. The van der Waals surface area contributed by atoms with Crippen molar-refractivity contribution in [3.63, 3.8) is 0 Å². The predicted octanol–water partition coefficient (Wildman–Crippen LogP) is 2.06. The van der Waals surface area contributed by atoms with Gasteiger partial charge in [-0.05, 0) is 35.9 Å². The number of ether oxygens (including phenoxy) is 2. The van der Waals surface area contributed by atoms with Crippen molar-refractivity contribution in [1.82, 2.24) is 14.8 Å². The van der Waals surface area contributed by atoms with E-state index < -0.39 is 12.6 Å². The van der Waals surface area contributed by atoms with Gasteiger partial charge in [-0.3, -0.25) is 0 Å². The van der Waals surface area contributed by atoms with Gasteiger partial charge >= 0.3 is 0 Å². The molecule has 0 bridgehead atoms. The maximum absolute atomic E-state index is 10.4. The molecule has 0 saturated heterocycles. The number of rotatable bonds is 5. The van der Waals surface area contributed by atoms with Gasteiger partial charge < -0.3 is 19.4 Å². The molecule has 4 rings (SSSR count). The Bertz CT molecular complexity index is 1040. The Hall–Kier alpha value is -3.87. The predicted molar refractivity (Wildman–Crippen MR) is 97.3 cm³/mol. The van der Waals surface area contributed by atoms with Crippen molar-refractivity contribution < 1.29 is 19.4 Å². The van der Waals surface area contributed by atoms with Crippen molar-refractivity contribution >= 4 is 24.3 Å². The standard InChI is InChI=1S/C20H15N3O4/c24-19(25)13-27-15-8-5-14(6-9-15)7-10-18-21-20-16-3-1-2-4-17(16)26-12-11-23(20)22-18/h1-12H,13H2,(H,24,25)/p-1/b10-7+. The molecule has 134 valence electrons. The van der Waals surface area contributed by atoms with E-state index >= 15 is 0 Å². The van der Waals surface area contributed by atoms with E-state index in [0.717, 1.165) is 16.9 Å². The summed E-state index contributed by atoms with van der Waals surface area (Å²) in [6.07, 6.45) is 6.95. The van der Waals surface area contributed by atoms with Crippen molar-refractivity contribution in [2.45, 2.75) is 0 Å². The van der Waals surface area contributed by atoms with Gasteiger partial charge in [0.05, 0.1) is 17.7 Å². The van der Waals surface area contributed by atoms with Gasteiger partial charge in [-0.2, -0.15) is 0 Å². The van der Waals surface area contributed by atoms with Crippen molar-refractivity contribution in [2.24, 2.45) is 0 Å². The summed E-state index contributed by atoms with van der Waals surface area (Å²) in [5, 5.41) is 14.9. The summed E-state index contributed by atoms with van der Waals surface area (Å²) in [7, 11) is 0. The van der Waals surface area contributed by atoms with E-state index in [-0.39, 0.29) is 0 Å². The van der Waals surface area contributed by atoms with Gasteiger partial charge in [-0.25, -0.2) is 9.67 Å². The zero-order chi connectivity index (χ0) is 18.6. The highest BCUT2D eigenvalue weighted by molar-refractivity contribution is 5.71. The normalized spacial score (nSPS) is 12.1. The van der Waals surface area contributed by atoms with Crippen LogP contribution in [0.4, 0.5) is 0 Å². The number of carbonyl (C=O) groups excluding carboxylic acids is 1. The summed E-state index contributed by atoms with van der Waals surface area (Å²) in [5.41, 5.74) is 1.77. The summed E-state index contributed by atoms with van der Waals surface area (Å²) in [5.74, 6) is 1.19. The Morgan fingerprint density at radius 3 is 2.78 bits per heavy atom. The fourth-order valence-corrected chi connectivity index (χ4v) is 2.60. The minimum Gasteiger partial charge on any atom is -0.546 e. The number of fused-ring (bicyclic) bond motifs is 3. The molecular weight excluding hydrogens is 346 g/mol. The van der Waals surface area contributed by atoms with Crippen LogP contribution in [0, 0.1) is 0 Å². The number of nitrogens with zero attached hydrogens (tertiary/aromatic N) is 3. The lowest BCUT2D eigenvalue weighted by molar-refractivity contribution is -0.307. The Balaban J connectivity index is 1.54. The van der Waals surface area contributed by atoms with E-state index in [0.29, 0.717) is 17.4 Å². The van der Waals surface area contributed by atoms with Gasteiger partial charge in [0.15, 0.2) is 11.6 Å². The number of carboxylic acid groups (broad SMARTS) is 1. The van der Waals surface area contributed by atoms with E-state index in [4.69, 9.17) is 9.47 Å². The summed E-state index contributed by atoms with van der Waals surface area (Å²) < 4.78 is 12.3. The lowest BCUT2D eigenvalue weighted by atomic mass is 10.2. The number of hydrogen-bond acceptors (Lipinski definition) is 6. The van der Waals surface area contributed by atoms with Crippen LogP contribution >= 0.6 is 0 Å². The Kier molecular flexibility index (Phi) is 4.40. The van der Waals surface area contributed by atoms with Crippen molar-refractivity contribution in [3.8, 4) is 22.9 Å². The first kappa shape index (κ1) is 16.6. The molecule has 3 aromatic rings. The van der Waals surface area contributed by atoms with Crippen LogP contribution in [0.15, 0.2) is 54.8 Å². The third-order valence-electron chi connectivity index (χ3n) is 3.83. The summed E-state index contributed by atoms with van der Waals surface area (Å²) in [6, 6.07) is 14.6. The third-order valence-corrected chi connectivity index (χ3v) is 3.83. The molecule has 2 heterocycles.